The van der Waals surface area contributed by atoms with E-state index in [0.717, 1.165) is 26.3 Å². The van der Waals surface area contributed by atoms with E-state index in [4.69, 9.17) is 4.74 Å². The van der Waals surface area contributed by atoms with E-state index in [9.17, 15) is 0 Å². The van der Waals surface area contributed by atoms with E-state index < -0.39 is 0 Å². The van der Waals surface area contributed by atoms with E-state index in [1.54, 1.807) is 11.3 Å². The predicted molar refractivity (Wildman–Crippen MR) is 84.7 cm³/mol. The average Bonchev–Trinajstić information content (AvgIpc) is 3.06. The van der Waals surface area contributed by atoms with Gasteiger partial charge in [-0.1, -0.05) is 6.42 Å². The Labute approximate surface area is 131 Å². The second kappa shape index (κ2) is 7.71. The van der Waals surface area contributed by atoms with Gasteiger partial charge in [0.05, 0.1) is 24.4 Å². The highest BCUT2D eigenvalue weighted by Gasteiger charge is 2.34. The fourth-order valence-corrected chi connectivity index (χ4v) is 4.03. The number of aromatic nitrogens is 1. The van der Waals surface area contributed by atoms with Crippen LogP contribution in [0.15, 0.2) is 5.51 Å². The van der Waals surface area contributed by atoms with Crippen molar-refractivity contribution in [1.29, 1.82) is 0 Å². The maximum atomic E-state index is 5.61. The van der Waals surface area contributed by atoms with Gasteiger partial charge in [0.25, 0.3) is 0 Å². The maximum Gasteiger partial charge on any atom is 0.0798 e. The van der Waals surface area contributed by atoms with E-state index >= 15 is 0 Å². The van der Waals surface area contributed by atoms with Gasteiger partial charge < -0.3 is 15.4 Å². The van der Waals surface area contributed by atoms with Crippen LogP contribution in [0.3, 0.4) is 0 Å². The minimum Gasteiger partial charge on any atom is -0.379 e. The number of hydrogen-bond acceptors (Lipinski definition) is 5. The van der Waals surface area contributed by atoms with E-state index in [-0.39, 0.29) is 12.4 Å². The molecule has 6 heteroatoms. The Bertz CT molecular complexity index is 409. The van der Waals surface area contributed by atoms with E-state index in [2.05, 4.69) is 22.5 Å². The molecule has 1 aromatic rings. The van der Waals surface area contributed by atoms with Crippen LogP contribution in [0.2, 0.25) is 0 Å². The monoisotopic (exact) mass is 317 g/mol. The normalized spacial score (nSPS) is 30.1. The molecular formula is C14H24ClN3OS. The second-order valence-corrected chi connectivity index (χ2v) is 6.52. The first-order valence-electron chi connectivity index (χ1n) is 7.28. The summed E-state index contributed by atoms with van der Waals surface area (Å²) < 4.78 is 5.61. The summed E-state index contributed by atoms with van der Waals surface area (Å²) in [5.74, 6) is 0.716. The lowest BCUT2D eigenvalue weighted by molar-refractivity contribution is 0.0524. The maximum absolute atomic E-state index is 5.61. The number of morpholine rings is 1. The fraction of sp³-hybridized carbons (Fsp3) is 0.786. The van der Waals surface area contributed by atoms with E-state index in [1.807, 2.05) is 5.51 Å². The highest BCUT2D eigenvalue weighted by Crippen LogP contribution is 2.30. The van der Waals surface area contributed by atoms with Crippen LogP contribution in [-0.4, -0.2) is 36.8 Å². The molecule has 2 N–H and O–H groups in total. The Balaban J connectivity index is 0.00000147. The third-order valence-corrected chi connectivity index (χ3v) is 5.34. The summed E-state index contributed by atoms with van der Waals surface area (Å²) in [6.45, 7) is 5.80. The highest BCUT2D eigenvalue weighted by molar-refractivity contribution is 7.09. The second-order valence-electron chi connectivity index (χ2n) is 5.58. The van der Waals surface area contributed by atoms with Crippen molar-refractivity contribution in [3.05, 3.63) is 16.1 Å². The van der Waals surface area contributed by atoms with E-state index in [0.29, 0.717) is 18.0 Å². The van der Waals surface area contributed by atoms with Gasteiger partial charge in [0.15, 0.2) is 0 Å². The van der Waals surface area contributed by atoms with Crippen molar-refractivity contribution in [1.82, 2.24) is 15.6 Å². The van der Waals surface area contributed by atoms with Crippen molar-refractivity contribution in [2.75, 3.05) is 19.8 Å². The molecule has 20 heavy (non-hydrogen) atoms. The molecule has 0 amide bonds. The van der Waals surface area contributed by atoms with Crippen molar-refractivity contribution >= 4 is 23.7 Å². The smallest absolute Gasteiger partial charge is 0.0798 e. The summed E-state index contributed by atoms with van der Waals surface area (Å²) in [6, 6.07) is 1.16. The molecule has 1 aliphatic carbocycles. The van der Waals surface area contributed by atoms with Crippen LogP contribution in [0, 0.1) is 12.8 Å². The molecule has 0 radical (unpaired) electrons. The molecule has 0 bridgehead atoms. The predicted octanol–water partition coefficient (Wildman–Crippen LogP) is 2.12. The number of thiazole rings is 1. The van der Waals surface area contributed by atoms with E-state index in [1.165, 1.54) is 29.8 Å². The van der Waals surface area contributed by atoms with Crippen LogP contribution in [0.1, 0.15) is 29.8 Å². The van der Waals surface area contributed by atoms with Crippen LogP contribution < -0.4 is 10.6 Å². The molecule has 3 rings (SSSR count). The molecule has 0 spiro atoms. The number of aryl methyl sites for hydroxylation is 1. The van der Waals surface area contributed by atoms with Crippen molar-refractivity contribution in [3.63, 3.8) is 0 Å². The SMILES string of the molecule is Cc1ncsc1CNC1CCCC1C1COCCN1.Cl. The van der Waals surface area contributed by atoms with Crippen molar-refractivity contribution in [3.8, 4) is 0 Å². The van der Waals surface area contributed by atoms with Crippen LogP contribution in [0.25, 0.3) is 0 Å². The zero-order chi connectivity index (χ0) is 13.1. The molecule has 1 aromatic heterocycles. The number of nitrogens with one attached hydrogen (secondary N) is 2. The Morgan fingerprint density at radius 3 is 3.10 bits per heavy atom. The van der Waals surface area contributed by atoms with Crippen LogP contribution in [0.4, 0.5) is 0 Å². The molecule has 4 nitrogen and oxygen atoms in total. The van der Waals surface area contributed by atoms with Gasteiger partial charge in [0, 0.05) is 30.1 Å². The van der Waals surface area contributed by atoms with Gasteiger partial charge in [-0.25, -0.2) is 4.98 Å². The molecule has 1 saturated heterocycles. The Kier molecular flexibility index (Phi) is 6.23. The highest BCUT2D eigenvalue weighted by atomic mass is 35.5. The Hall–Kier alpha value is -0.200. The molecule has 2 fully saturated rings. The van der Waals surface area contributed by atoms with Gasteiger partial charge in [-0.05, 0) is 25.7 Å². The fourth-order valence-electron chi connectivity index (χ4n) is 3.30. The Morgan fingerprint density at radius 1 is 1.50 bits per heavy atom. The number of nitrogens with zero attached hydrogens (tertiary/aromatic N) is 1. The topological polar surface area (TPSA) is 46.2 Å². The zero-order valence-electron chi connectivity index (χ0n) is 11.9. The van der Waals surface area contributed by atoms with Crippen molar-refractivity contribution in [2.24, 2.45) is 5.92 Å². The number of rotatable bonds is 4. The summed E-state index contributed by atoms with van der Waals surface area (Å²) in [5, 5.41) is 7.37. The summed E-state index contributed by atoms with van der Waals surface area (Å²) in [5.41, 5.74) is 3.11. The number of halogens is 1. The summed E-state index contributed by atoms with van der Waals surface area (Å²) in [4.78, 5) is 5.69. The zero-order valence-corrected chi connectivity index (χ0v) is 13.6. The minimum atomic E-state index is 0. The summed E-state index contributed by atoms with van der Waals surface area (Å²) in [7, 11) is 0. The van der Waals surface area contributed by atoms with Gasteiger partial charge in [-0.3, -0.25) is 0 Å². The van der Waals surface area contributed by atoms with Gasteiger partial charge in [-0.15, -0.1) is 23.7 Å². The van der Waals surface area contributed by atoms with Crippen LogP contribution >= 0.6 is 23.7 Å². The molecule has 0 aromatic carbocycles. The van der Waals surface area contributed by atoms with Crippen molar-refractivity contribution < 1.29 is 4.74 Å². The van der Waals surface area contributed by atoms with Gasteiger partial charge in [0.2, 0.25) is 0 Å². The van der Waals surface area contributed by atoms with Crippen LogP contribution in [0.5, 0.6) is 0 Å². The van der Waals surface area contributed by atoms with Crippen LogP contribution in [-0.2, 0) is 11.3 Å². The van der Waals surface area contributed by atoms with Gasteiger partial charge in [-0.2, -0.15) is 0 Å². The van der Waals surface area contributed by atoms with Gasteiger partial charge >= 0.3 is 0 Å². The molecule has 3 unspecified atom stereocenters. The molecule has 2 aliphatic rings. The first-order valence-corrected chi connectivity index (χ1v) is 8.16. The molecule has 1 aliphatic heterocycles. The lowest BCUT2D eigenvalue weighted by Crippen LogP contribution is -2.50. The molecular weight excluding hydrogens is 294 g/mol. The molecule has 114 valence electrons. The minimum absolute atomic E-state index is 0. The largest absolute Gasteiger partial charge is 0.379 e. The average molecular weight is 318 g/mol. The quantitative estimate of drug-likeness (QED) is 0.893. The number of ether oxygens (including phenoxy) is 1. The molecule has 3 atom stereocenters. The molecule has 1 saturated carbocycles. The first-order chi connectivity index (χ1) is 9.34. The summed E-state index contributed by atoms with van der Waals surface area (Å²) >= 11 is 1.76. The third-order valence-electron chi connectivity index (χ3n) is 4.41. The Morgan fingerprint density at radius 2 is 2.40 bits per heavy atom. The summed E-state index contributed by atoms with van der Waals surface area (Å²) in [6.07, 6.45) is 3.95. The number of hydrogen-bond donors (Lipinski definition) is 2. The lowest BCUT2D eigenvalue weighted by atomic mass is 9.94. The standard InChI is InChI=1S/C14H23N3OS.ClH/c1-10-14(19-9-17-10)7-16-12-4-2-3-11(12)13-8-18-6-5-15-13;/h9,11-13,15-16H,2-8H2,1H3;1H. The first kappa shape index (κ1) is 16.2. The van der Waals surface area contributed by atoms with Crippen molar-refractivity contribution in [2.45, 2.75) is 44.8 Å². The third kappa shape index (κ3) is 3.71. The van der Waals surface area contributed by atoms with Gasteiger partial charge in [0.1, 0.15) is 0 Å². The lowest BCUT2D eigenvalue weighted by Gasteiger charge is -2.33. The molecule has 2 heterocycles.